The average Bonchev–Trinajstić information content (AvgIpc) is 2.43. The summed E-state index contributed by atoms with van der Waals surface area (Å²) in [5.41, 5.74) is 0.686. The van der Waals surface area contributed by atoms with Gasteiger partial charge in [0, 0.05) is 11.1 Å². The topological polar surface area (TPSA) is 77.6 Å². The Morgan fingerprint density at radius 2 is 2.24 bits per heavy atom. The highest BCUT2D eigenvalue weighted by atomic mass is 16.5. The number of hydrogen-bond donors (Lipinski definition) is 2. The van der Waals surface area contributed by atoms with Crippen molar-refractivity contribution in [3.8, 4) is 24.3 Å². The van der Waals surface area contributed by atoms with E-state index in [1.54, 1.807) is 45.2 Å². The maximum Gasteiger partial charge on any atom is 0.207 e. The average molecular weight is 283 g/mol. The van der Waals surface area contributed by atoms with Gasteiger partial charge in [-0.3, -0.25) is 0 Å². The number of rotatable bonds is 1. The number of aliphatic imine (C=N–C) groups is 1. The second kappa shape index (κ2) is 5.47. The minimum atomic E-state index is -0.818. The van der Waals surface area contributed by atoms with Crippen LogP contribution in [0.3, 0.4) is 0 Å². The summed E-state index contributed by atoms with van der Waals surface area (Å²) < 4.78 is 5.84. The summed E-state index contributed by atoms with van der Waals surface area (Å²) in [6, 6.07) is 4.93. The molecule has 0 saturated carbocycles. The molecule has 2 atom stereocenters. The molecular weight excluding hydrogens is 266 g/mol. The fourth-order valence-electron chi connectivity index (χ4n) is 2.38. The van der Waals surface area contributed by atoms with Crippen LogP contribution in [0.4, 0.5) is 0 Å². The zero-order valence-electron chi connectivity index (χ0n) is 12.2. The SMILES string of the molecule is C#Cc1ccc2c(c1)[C@@H](NC(C)=NC#N)[C@H](O)C(C)(C)O2. The first-order valence-electron chi connectivity index (χ1n) is 6.56. The van der Waals surface area contributed by atoms with Crippen LogP contribution < -0.4 is 10.1 Å². The first-order valence-corrected chi connectivity index (χ1v) is 6.56. The Labute approximate surface area is 124 Å². The van der Waals surface area contributed by atoms with Crippen molar-refractivity contribution >= 4 is 5.84 Å². The van der Waals surface area contributed by atoms with Crippen LogP contribution in [0, 0.1) is 23.8 Å². The van der Waals surface area contributed by atoms with Crippen LogP contribution in [0.2, 0.25) is 0 Å². The largest absolute Gasteiger partial charge is 0.485 e. The number of fused-ring (bicyclic) bond motifs is 1. The van der Waals surface area contributed by atoms with Crippen LogP contribution in [0.25, 0.3) is 0 Å². The van der Waals surface area contributed by atoms with Crippen molar-refractivity contribution in [3.05, 3.63) is 29.3 Å². The number of aliphatic hydroxyl groups excluding tert-OH is 1. The normalized spacial score (nSPS) is 23.2. The van der Waals surface area contributed by atoms with Gasteiger partial charge in [0.05, 0.1) is 6.04 Å². The molecule has 0 bridgehead atoms. The van der Waals surface area contributed by atoms with Gasteiger partial charge in [0.25, 0.3) is 0 Å². The summed E-state index contributed by atoms with van der Waals surface area (Å²) in [6.07, 6.45) is 6.33. The molecular formula is C16H17N3O2. The Morgan fingerprint density at radius 1 is 1.52 bits per heavy atom. The molecule has 0 saturated heterocycles. The van der Waals surface area contributed by atoms with Gasteiger partial charge in [-0.25, -0.2) is 0 Å². The first-order chi connectivity index (χ1) is 9.89. The summed E-state index contributed by atoms with van der Waals surface area (Å²) >= 11 is 0. The number of nitrogens with one attached hydrogen (secondary N) is 1. The van der Waals surface area contributed by atoms with E-state index in [0.717, 1.165) is 5.56 Å². The molecule has 0 aromatic heterocycles. The quantitative estimate of drug-likeness (QED) is 0.356. The first kappa shape index (κ1) is 14.9. The molecule has 1 aliphatic rings. The molecule has 1 heterocycles. The van der Waals surface area contributed by atoms with Gasteiger partial charge in [-0.05, 0) is 39.0 Å². The second-order valence-corrected chi connectivity index (χ2v) is 5.47. The molecule has 0 aliphatic carbocycles. The monoisotopic (exact) mass is 283 g/mol. The van der Waals surface area contributed by atoms with Gasteiger partial charge in [0.1, 0.15) is 23.3 Å². The molecule has 1 aliphatic heterocycles. The van der Waals surface area contributed by atoms with Crippen molar-refractivity contribution in [3.63, 3.8) is 0 Å². The third-order valence-corrected chi connectivity index (χ3v) is 3.49. The van der Waals surface area contributed by atoms with Crippen molar-refractivity contribution in [1.29, 1.82) is 5.26 Å². The molecule has 0 radical (unpaired) electrons. The number of benzene rings is 1. The van der Waals surface area contributed by atoms with Gasteiger partial charge >= 0.3 is 0 Å². The van der Waals surface area contributed by atoms with Crippen molar-refractivity contribution < 1.29 is 9.84 Å². The summed E-state index contributed by atoms with van der Waals surface area (Å²) in [6.45, 7) is 5.28. The lowest BCUT2D eigenvalue weighted by atomic mass is 9.86. The molecule has 1 aromatic rings. The highest BCUT2D eigenvalue weighted by molar-refractivity contribution is 5.81. The summed E-state index contributed by atoms with van der Waals surface area (Å²) in [4.78, 5) is 3.64. The van der Waals surface area contributed by atoms with E-state index >= 15 is 0 Å². The summed E-state index contributed by atoms with van der Waals surface area (Å²) in [5.74, 6) is 3.65. The van der Waals surface area contributed by atoms with Crippen molar-refractivity contribution in [2.45, 2.75) is 38.5 Å². The number of aliphatic hydroxyl groups is 1. The number of nitrogens with zero attached hydrogens (tertiary/aromatic N) is 2. The van der Waals surface area contributed by atoms with Gasteiger partial charge in [0.2, 0.25) is 6.19 Å². The van der Waals surface area contributed by atoms with E-state index in [4.69, 9.17) is 16.4 Å². The standard InChI is InChI=1S/C16H17N3O2/c1-5-11-6-7-13-12(8-11)14(19-10(2)18-9-17)15(20)16(3,4)21-13/h1,6-8,14-15,20H,2-4H3,(H,18,19)/t14-,15+/m1/s1. The van der Waals surface area contributed by atoms with Crippen LogP contribution in [0.5, 0.6) is 5.75 Å². The van der Waals surface area contributed by atoms with E-state index in [-0.39, 0.29) is 0 Å². The fraction of sp³-hybridized carbons (Fsp3) is 0.375. The second-order valence-electron chi connectivity index (χ2n) is 5.47. The zero-order valence-corrected chi connectivity index (χ0v) is 12.2. The number of nitriles is 1. The number of ether oxygens (including phenoxy) is 1. The number of amidine groups is 1. The van der Waals surface area contributed by atoms with Crippen LogP contribution in [0.15, 0.2) is 23.2 Å². The van der Waals surface area contributed by atoms with Crippen molar-refractivity contribution in [1.82, 2.24) is 5.32 Å². The lowest BCUT2D eigenvalue weighted by Gasteiger charge is -2.42. The van der Waals surface area contributed by atoms with Crippen LogP contribution in [-0.4, -0.2) is 22.6 Å². The molecule has 2 rings (SSSR count). The molecule has 0 amide bonds. The molecule has 2 N–H and O–H groups in total. The number of terminal acetylenes is 1. The van der Waals surface area contributed by atoms with Gasteiger partial charge in [0.15, 0.2) is 0 Å². The molecule has 0 spiro atoms. The Bertz CT molecular complexity index is 665. The maximum atomic E-state index is 10.5. The van der Waals surface area contributed by atoms with E-state index < -0.39 is 17.7 Å². The third kappa shape index (κ3) is 2.84. The van der Waals surface area contributed by atoms with Gasteiger partial charge in [-0.2, -0.15) is 10.3 Å². The van der Waals surface area contributed by atoms with Crippen LogP contribution in [0.1, 0.15) is 37.9 Å². The van der Waals surface area contributed by atoms with E-state index in [1.165, 1.54) is 0 Å². The Kier molecular flexibility index (Phi) is 3.88. The lowest BCUT2D eigenvalue weighted by molar-refractivity contribution is -0.0610. The Morgan fingerprint density at radius 3 is 2.86 bits per heavy atom. The smallest absolute Gasteiger partial charge is 0.207 e. The molecule has 0 fully saturated rings. The van der Waals surface area contributed by atoms with Crippen LogP contribution in [-0.2, 0) is 0 Å². The van der Waals surface area contributed by atoms with Crippen molar-refractivity contribution in [2.75, 3.05) is 0 Å². The Hall–Kier alpha value is -2.50. The lowest BCUT2D eigenvalue weighted by Crippen LogP contribution is -2.53. The van der Waals surface area contributed by atoms with E-state index in [0.29, 0.717) is 17.1 Å². The fourth-order valence-corrected chi connectivity index (χ4v) is 2.38. The molecule has 5 nitrogen and oxygen atoms in total. The van der Waals surface area contributed by atoms with Crippen LogP contribution >= 0.6 is 0 Å². The predicted octanol–water partition coefficient (Wildman–Crippen LogP) is 1.73. The minimum absolute atomic E-state index is 0.427. The maximum absolute atomic E-state index is 10.5. The predicted molar refractivity (Wildman–Crippen MR) is 79.7 cm³/mol. The molecule has 5 heteroatoms. The molecule has 21 heavy (non-hydrogen) atoms. The van der Waals surface area contributed by atoms with Crippen molar-refractivity contribution in [2.24, 2.45) is 4.99 Å². The third-order valence-electron chi connectivity index (χ3n) is 3.49. The van der Waals surface area contributed by atoms with E-state index in [1.807, 2.05) is 0 Å². The van der Waals surface area contributed by atoms with Gasteiger partial charge in [-0.15, -0.1) is 6.42 Å². The number of hydrogen-bond acceptors (Lipinski definition) is 4. The summed E-state index contributed by atoms with van der Waals surface area (Å²) in [7, 11) is 0. The highest BCUT2D eigenvalue weighted by Crippen LogP contribution is 2.40. The Balaban J connectivity index is 2.49. The molecule has 108 valence electrons. The molecule has 1 aromatic carbocycles. The van der Waals surface area contributed by atoms with Gasteiger partial charge in [-0.1, -0.05) is 5.92 Å². The van der Waals surface area contributed by atoms with E-state index in [9.17, 15) is 5.11 Å². The summed E-state index contributed by atoms with van der Waals surface area (Å²) in [5, 5.41) is 22.2. The van der Waals surface area contributed by atoms with E-state index in [2.05, 4.69) is 16.2 Å². The molecule has 0 unspecified atom stereocenters. The minimum Gasteiger partial charge on any atom is -0.485 e. The highest BCUT2D eigenvalue weighted by Gasteiger charge is 2.43. The zero-order chi connectivity index (χ0) is 15.6. The van der Waals surface area contributed by atoms with Gasteiger partial charge < -0.3 is 15.2 Å².